The first-order valence-corrected chi connectivity index (χ1v) is 5.99. The van der Waals surface area contributed by atoms with Crippen LogP contribution >= 0.6 is 0 Å². The summed E-state index contributed by atoms with van der Waals surface area (Å²) in [5, 5.41) is 8.92. The molecule has 1 heterocycles. The first-order chi connectivity index (χ1) is 8.59. The van der Waals surface area contributed by atoms with Crippen LogP contribution in [-0.2, 0) is 4.79 Å². The molecule has 1 aliphatic heterocycles. The van der Waals surface area contributed by atoms with Gasteiger partial charge in [-0.2, -0.15) is 0 Å². The van der Waals surface area contributed by atoms with Gasteiger partial charge in [-0.05, 0) is 38.1 Å². The highest BCUT2D eigenvalue weighted by Crippen LogP contribution is 2.31. The lowest BCUT2D eigenvalue weighted by molar-refractivity contribution is -0.138. The lowest BCUT2D eigenvalue weighted by Crippen LogP contribution is -2.29. The number of hydrogen-bond donors (Lipinski definition) is 1. The Kier molecular flexibility index (Phi) is 3.91. The lowest BCUT2D eigenvalue weighted by atomic mass is 10.0. The molecule has 0 aromatic heterocycles. The van der Waals surface area contributed by atoms with Gasteiger partial charge >= 0.3 is 5.97 Å². The topological polar surface area (TPSA) is 40.5 Å². The van der Waals surface area contributed by atoms with Crippen molar-refractivity contribution in [2.75, 3.05) is 13.1 Å². The molecule has 1 aliphatic rings. The lowest BCUT2D eigenvalue weighted by Gasteiger charge is -2.27. The van der Waals surface area contributed by atoms with E-state index >= 15 is 0 Å². The number of hydrogen-bond acceptors (Lipinski definition) is 2. The van der Waals surface area contributed by atoms with Crippen molar-refractivity contribution in [2.24, 2.45) is 0 Å². The molecule has 1 unspecified atom stereocenters. The van der Waals surface area contributed by atoms with Gasteiger partial charge in [0.25, 0.3) is 0 Å². The Morgan fingerprint density at radius 1 is 1.28 bits per heavy atom. The fraction of sp³-hybridized carbons (Fsp3) is 0.462. The Labute approximate surface area is 104 Å². The van der Waals surface area contributed by atoms with Gasteiger partial charge in [-0.25, -0.2) is 8.78 Å². The van der Waals surface area contributed by atoms with Gasteiger partial charge in [0.1, 0.15) is 11.6 Å². The third kappa shape index (κ3) is 2.67. The van der Waals surface area contributed by atoms with E-state index < -0.39 is 23.6 Å². The molecule has 3 nitrogen and oxygen atoms in total. The van der Waals surface area contributed by atoms with E-state index in [9.17, 15) is 13.6 Å². The molecule has 0 amide bonds. The molecule has 0 bridgehead atoms. The van der Waals surface area contributed by atoms with Crippen LogP contribution in [0.4, 0.5) is 8.78 Å². The molecule has 1 aromatic rings. The molecule has 1 atom stereocenters. The van der Waals surface area contributed by atoms with Gasteiger partial charge in [-0.3, -0.25) is 9.69 Å². The number of likely N-dealkylation sites (tertiary alicyclic amines) is 1. The number of aliphatic carboxylic acids is 1. The van der Waals surface area contributed by atoms with E-state index in [1.165, 1.54) is 18.2 Å². The SMILES string of the molecule is O=C(O)CC(c1c(F)cccc1F)N1CCCC1. The van der Waals surface area contributed by atoms with Crippen LogP contribution in [0.25, 0.3) is 0 Å². The number of rotatable bonds is 4. The maximum Gasteiger partial charge on any atom is 0.305 e. The monoisotopic (exact) mass is 255 g/mol. The van der Waals surface area contributed by atoms with Gasteiger partial charge in [0.2, 0.25) is 0 Å². The molecule has 0 radical (unpaired) electrons. The quantitative estimate of drug-likeness (QED) is 0.899. The molecule has 2 rings (SSSR count). The molecule has 1 saturated heterocycles. The number of carboxylic acids is 1. The molecule has 0 saturated carbocycles. The van der Waals surface area contributed by atoms with Gasteiger partial charge in [-0.15, -0.1) is 0 Å². The van der Waals surface area contributed by atoms with Crippen molar-refractivity contribution in [2.45, 2.75) is 25.3 Å². The van der Waals surface area contributed by atoms with E-state index in [0.29, 0.717) is 13.1 Å². The molecule has 1 aromatic carbocycles. The Morgan fingerprint density at radius 3 is 2.33 bits per heavy atom. The van der Waals surface area contributed by atoms with Gasteiger partial charge in [0.15, 0.2) is 0 Å². The third-order valence-electron chi connectivity index (χ3n) is 3.28. The predicted molar refractivity (Wildman–Crippen MR) is 62.2 cm³/mol. The van der Waals surface area contributed by atoms with E-state index in [2.05, 4.69) is 0 Å². The van der Waals surface area contributed by atoms with Crippen LogP contribution in [0.15, 0.2) is 18.2 Å². The minimum atomic E-state index is -1.05. The van der Waals surface area contributed by atoms with Gasteiger partial charge in [-0.1, -0.05) is 6.07 Å². The fourth-order valence-electron chi connectivity index (χ4n) is 2.46. The second-order valence-corrected chi connectivity index (χ2v) is 4.49. The van der Waals surface area contributed by atoms with Crippen LogP contribution in [-0.4, -0.2) is 29.1 Å². The van der Waals surface area contributed by atoms with Crippen molar-refractivity contribution in [3.8, 4) is 0 Å². The summed E-state index contributed by atoms with van der Waals surface area (Å²) in [5.41, 5.74) is -0.123. The number of carbonyl (C=O) groups is 1. The summed E-state index contributed by atoms with van der Waals surface area (Å²) in [6, 6.07) is 2.91. The molecular formula is C13H15F2NO2. The summed E-state index contributed by atoms with van der Waals surface area (Å²) in [5.74, 6) is -2.39. The largest absolute Gasteiger partial charge is 0.481 e. The van der Waals surface area contributed by atoms with Crippen molar-refractivity contribution in [1.29, 1.82) is 0 Å². The van der Waals surface area contributed by atoms with Gasteiger partial charge in [0.05, 0.1) is 12.5 Å². The predicted octanol–water partition coefficient (Wildman–Crippen LogP) is 2.58. The normalized spacial score (nSPS) is 17.9. The Morgan fingerprint density at radius 2 is 1.83 bits per heavy atom. The Balaban J connectivity index is 2.35. The zero-order valence-corrected chi connectivity index (χ0v) is 9.90. The van der Waals surface area contributed by atoms with Crippen molar-refractivity contribution >= 4 is 5.97 Å². The standard InChI is InChI=1S/C13H15F2NO2/c14-9-4-3-5-10(15)13(9)11(8-12(17)18)16-6-1-2-7-16/h3-5,11H,1-2,6-8H2,(H,17,18). The highest BCUT2D eigenvalue weighted by molar-refractivity contribution is 5.68. The highest BCUT2D eigenvalue weighted by atomic mass is 19.1. The van der Waals surface area contributed by atoms with Gasteiger partial charge < -0.3 is 5.11 Å². The van der Waals surface area contributed by atoms with E-state index in [4.69, 9.17) is 5.11 Å². The summed E-state index contributed by atoms with van der Waals surface area (Å²) in [4.78, 5) is 12.7. The second kappa shape index (κ2) is 5.44. The van der Waals surface area contributed by atoms with Crippen LogP contribution in [0.5, 0.6) is 0 Å². The zero-order valence-electron chi connectivity index (χ0n) is 9.90. The molecular weight excluding hydrogens is 240 g/mol. The molecule has 98 valence electrons. The molecule has 0 spiro atoms. The molecule has 1 N–H and O–H groups in total. The van der Waals surface area contributed by atoms with Crippen molar-refractivity contribution < 1.29 is 18.7 Å². The van der Waals surface area contributed by atoms with Crippen molar-refractivity contribution in [3.05, 3.63) is 35.4 Å². The summed E-state index contributed by atoms with van der Waals surface area (Å²) in [6.45, 7) is 1.37. The molecule has 18 heavy (non-hydrogen) atoms. The Bertz CT molecular complexity index is 424. The number of carboxylic acid groups (broad SMARTS) is 1. The summed E-state index contributed by atoms with van der Waals surface area (Å²) in [7, 11) is 0. The first-order valence-electron chi connectivity index (χ1n) is 5.99. The van der Waals surface area contributed by atoms with Gasteiger partial charge in [0, 0.05) is 5.56 Å². The number of halogens is 2. The maximum absolute atomic E-state index is 13.7. The third-order valence-corrected chi connectivity index (χ3v) is 3.28. The van der Waals surface area contributed by atoms with Crippen LogP contribution < -0.4 is 0 Å². The summed E-state index contributed by atoms with van der Waals surface area (Å²) < 4.78 is 27.5. The average Bonchev–Trinajstić information content (AvgIpc) is 2.80. The van der Waals surface area contributed by atoms with Crippen LogP contribution in [0, 0.1) is 11.6 Å². The van der Waals surface area contributed by atoms with E-state index in [1.807, 2.05) is 4.90 Å². The minimum absolute atomic E-state index is 0.123. The molecule has 0 aliphatic carbocycles. The zero-order chi connectivity index (χ0) is 13.1. The Hall–Kier alpha value is -1.49. The average molecular weight is 255 g/mol. The molecule has 1 fully saturated rings. The van der Waals surface area contributed by atoms with Crippen LogP contribution in [0.1, 0.15) is 30.9 Å². The first kappa shape index (κ1) is 13.0. The van der Waals surface area contributed by atoms with Crippen molar-refractivity contribution in [3.63, 3.8) is 0 Å². The van der Waals surface area contributed by atoms with E-state index in [1.54, 1.807) is 0 Å². The van der Waals surface area contributed by atoms with Crippen LogP contribution in [0.3, 0.4) is 0 Å². The van der Waals surface area contributed by atoms with E-state index in [0.717, 1.165) is 12.8 Å². The minimum Gasteiger partial charge on any atom is -0.481 e. The maximum atomic E-state index is 13.7. The highest BCUT2D eigenvalue weighted by Gasteiger charge is 2.29. The van der Waals surface area contributed by atoms with Crippen LogP contribution in [0.2, 0.25) is 0 Å². The number of benzene rings is 1. The van der Waals surface area contributed by atoms with E-state index in [-0.39, 0.29) is 12.0 Å². The second-order valence-electron chi connectivity index (χ2n) is 4.49. The fourth-order valence-corrected chi connectivity index (χ4v) is 2.46. The summed E-state index contributed by atoms with van der Waals surface area (Å²) >= 11 is 0. The number of nitrogens with zero attached hydrogens (tertiary/aromatic N) is 1. The molecule has 5 heteroatoms. The summed E-state index contributed by atoms with van der Waals surface area (Å²) in [6.07, 6.45) is 1.59. The van der Waals surface area contributed by atoms with Crippen molar-refractivity contribution in [1.82, 2.24) is 4.90 Å². The smallest absolute Gasteiger partial charge is 0.305 e.